The summed E-state index contributed by atoms with van der Waals surface area (Å²) in [6.07, 6.45) is 5.27. The van der Waals surface area contributed by atoms with Crippen molar-refractivity contribution in [3.05, 3.63) is 89.7 Å². The Morgan fingerprint density at radius 1 is 1.10 bits per heavy atom. The first-order valence-electron chi connectivity index (χ1n) is 8.92. The van der Waals surface area contributed by atoms with Crippen LogP contribution in [0.15, 0.2) is 78.6 Å². The summed E-state index contributed by atoms with van der Waals surface area (Å²) in [5.74, 6) is -0.128. The molecule has 29 heavy (non-hydrogen) atoms. The first-order valence-corrected chi connectivity index (χ1v) is 9.80. The van der Waals surface area contributed by atoms with Gasteiger partial charge in [-0.05, 0) is 61.0 Å². The van der Waals surface area contributed by atoms with Gasteiger partial charge in [0.25, 0.3) is 5.91 Å². The van der Waals surface area contributed by atoms with Crippen LogP contribution in [-0.4, -0.2) is 21.0 Å². The molecule has 6 nitrogen and oxygen atoms in total. The zero-order valence-corrected chi connectivity index (χ0v) is 16.4. The minimum Gasteiger partial charge on any atom is -0.508 e. The Morgan fingerprint density at radius 3 is 2.62 bits per heavy atom. The zero-order chi connectivity index (χ0) is 20.2. The number of aromatic nitrogens is 2. The van der Waals surface area contributed by atoms with Crippen molar-refractivity contribution in [2.75, 3.05) is 10.2 Å². The van der Waals surface area contributed by atoms with E-state index >= 15 is 0 Å². The maximum atomic E-state index is 12.6. The number of amides is 1. The number of anilines is 4. The van der Waals surface area contributed by atoms with E-state index in [1.807, 2.05) is 47.5 Å². The molecule has 0 spiro atoms. The van der Waals surface area contributed by atoms with Crippen LogP contribution in [-0.2, 0) is 0 Å². The molecule has 0 radical (unpaired) electrons. The van der Waals surface area contributed by atoms with Crippen LogP contribution in [0.25, 0.3) is 0 Å². The quantitative estimate of drug-likeness (QED) is 0.475. The summed E-state index contributed by atoms with van der Waals surface area (Å²) in [5, 5.41) is 15.1. The van der Waals surface area contributed by atoms with Crippen LogP contribution in [0.1, 0.15) is 15.9 Å². The van der Waals surface area contributed by atoms with E-state index in [4.69, 9.17) is 0 Å². The molecule has 0 atom stereocenters. The third-order valence-electron chi connectivity index (χ3n) is 4.35. The molecule has 4 rings (SSSR count). The van der Waals surface area contributed by atoms with Crippen LogP contribution in [0, 0.1) is 6.92 Å². The fraction of sp³-hybridized carbons (Fsp3) is 0.0455. The maximum absolute atomic E-state index is 12.6. The van der Waals surface area contributed by atoms with Gasteiger partial charge in [-0.2, -0.15) is 0 Å². The average Bonchev–Trinajstić information content (AvgIpc) is 3.26. The number of carbonyl (C=O) groups is 1. The van der Waals surface area contributed by atoms with Gasteiger partial charge >= 0.3 is 0 Å². The number of pyridine rings is 1. The van der Waals surface area contributed by atoms with E-state index in [9.17, 15) is 9.90 Å². The lowest BCUT2D eigenvalue weighted by Crippen LogP contribution is -2.14. The third-order valence-corrected chi connectivity index (χ3v) is 5.11. The van der Waals surface area contributed by atoms with E-state index in [1.54, 1.807) is 30.7 Å². The fourth-order valence-corrected chi connectivity index (χ4v) is 3.58. The molecule has 0 unspecified atom stereocenters. The summed E-state index contributed by atoms with van der Waals surface area (Å²) in [6, 6.07) is 15.7. The smallest absolute Gasteiger partial charge is 0.255 e. The van der Waals surface area contributed by atoms with Crippen molar-refractivity contribution in [3.8, 4) is 5.75 Å². The summed E-state index contributed by atoms with van der Waals surface area (Å²) in [6.45, 7) is 2.01. The van der Waals surface area contributed by atoms with Crippen molar-refractivity contribution in [3.63, 3.8) is 0 Å². The molecule has 2 N–H and O–H groups in total. The van der Waals surface area contributed by atoms with Gasteiger partial charge in [-0.25, -0.2) is 4.98 Å². The summed E-state index contributed by atoms with van der Waals surface area (Å²) in [5.41, 5.74) is 3.94. The van der Waals surface area contributed by atoms with Gasteiger partial charge in [0, 0.05) is 29.0 Å². The highest BCUT2D eigenvalue weighted by Gasteiger charge is 2.18. The number of nitrogens with one attached hydrogen (secondary N) is 1. The van der Waals surface area contributed by atoms with Crippen LogP contribution < -0.4 is 10.2 Å². The van der Waals surface area contributed by atoms with E-state index in [2.05, 4.69) is 15.3 Å². The Kier molecular flexibility index (Phi) is 5.22. The molecule has 0 bridgehead atoms. The average molecular weight is 402 g/mol. The number of rotatable bonds is 5. The van der Waals surface area contributed by atoms with Gasteiger partial charge in [-0.3, -0.25) is 14.7 Å². The molecule has 0 aliphatic carbocycles. The first kappa shape index (κ1) is 18.6. The highest BCUT2D eigenvalue weighted by atomic mass is 32.1. The molecule has 2 aromatic heterocycles. The predicted octanol–water partition coefficient (Wildman–Crippen LogP) is 5.27. The minimum absolute atomic E-state index is 0.120. The van der Waals surface area contributed by atoms with Crippen molar-refractivity contribution in [2.24, 2.45) is 0 Å². The summed E-state index contributed by atoms with van der Waals surface area (Å²) >= 11 is 1.52. The predicted molar refractivity (Wildman–Crippen MR) is 115 cm³/mol. The Bertz CT molecular complexity index is 1110. The van der Waals surface area contributed by atoms with Crippen LogP contribution in [0.4, 0.5) is 22.2 Å². The molecule has 0 fully saturated rings. The number of aromatic hydroxyl groups is 1. The molecule has 1 amide bonds. The molecule has 2 heterocycles. The Morgan fingerprint density at radius 2 is 1.93 bits per heavy atom. The molecule has 0 saturated carbocycles. The molecular formula is C22H18N4O2S. The topological polar surface area (TPSA) is 78.4 Å². The molecular weight excluding hydrogens is 384 g/mol. The second-order valence-electron chi connectivity index (χ2n) is 6.36. The summed E-state index contributed by atoms with van der Waals surface area (Å²) in [7, 11) is 0. The highest BCUT2D eigenvalue weighted by Crippen LogP contribution is 2.38. The largest absolute Gasteiger partial charge is 0.508 e. The molecule has 144 valence electrons. The van der Waals surface area contributed by atoms with Crippen molar-refractivity contribution < 1.29 is 9.90 Å². The highest BCUT2D eigenvalue weighted by molar-refractivity contribution is 7.13. The molecule has 2 aromatic carbocycles. The monoisotopic (exact) mass is 402 g/mol. The molecule has 0 aliphatic rings. The molecule has 7 heteroatoms. The lowest BCUT2D eigenvalue weighted by Gasteiger charge is -2.24. The molecule has 0 aliphatic heterocycles. The van der Waals surface area contributed by atoms with E-state index in [0.29, 0.717) is 11.3 Å². The Hall–Kier alpha value is -3.71. The van der Waals surface area contributed by atoms with Gasteiger partial charge in [0.05, 0.1) is 17.6 Å². The minimum atomic E-state index is -0.248. The SMILES string of the molecule is Cc1ccc(NC(=O)c2ccc(O)cc2)cc1N(c1cccnc1)c1nccs1. The molecule has 4 aromatic rings. The van der Waals surface area contributed by atoms with Gasteiger partial charge in [0.1, 0.15) is 5.75 Å². The van der Waals surface area contributed by atoms with Crippen LogP contribution >= 0.6 is 11.3 Å². The second kappa shape index (κ2) is 8.12. The second-order valence-corrected chi connectivity index (χ2v) is 7.24. The maximum Gasteiger partial charge on any atom is 0.255 e. The number of phenols is 1. The Balaban J connectivity index is 1.70. The number of benzene rings is 2. The normalized spacial score (nSPS) is 10.5. The van der Waals surface area contributed by atoms with Gasteiger partial charge in [-0.1, -0.05) is 6.07 Å². The number of hydrogen-bond donors (Lipinski definition) is 2. The number of carbonyl (C=O) groups excluding carboxylic acids is 1. The first-order chi connectivity index (χ1) is 14.1. The molecule has 0 saturated heterocycles. The van der Waals surface area contributed by atoms with Gasteiger partial charge in [-0.15, -0.1) is 11.3 Å². The lowest BCUT2D eigenvalue weighted by atomic mass is 10.1. The van der Waals surface area contributed by atoms with Crippen LogP contribution in [0.2, 0.25) is 0 Å². The van der Waals surface area contributed by atoms with Crippen molar-refractivity contribution in [1.82, 2.24) is 9.97 Å². The van der Waals surface area contributed by atoms with Gasteiger partial charge in [0.2, 0.25) is 0 Å². The number of thiazole rings is 1. The Labute approximate surface area is 172 Å². The van der Waals surface area contributed by atoms with E-state index in [1.165, 1.54) is 23.5 Å². The van der Waals surface area contributed by atoms with Crippen LogP contribution in [0.5, 0.6) is 5.75 Å². The summed E-state index contributed by atoms with van der Waals surface area (Å²) in [4.78, 5) is 23.3. The van der Waals surface area contributed by atoms with E-state index in [0.717, 1.165) is 22.1 Å². The van der Waals surface area contributed by atoms with E-state index in [-0.39, 0.29) is 11.7 Å². The standard InChI is InChI=1S/C22H18N4O2S/c1-15-4-7-17(25-21(28)16-5-8-19(27)9-6-16)13-20(15)26(22-24-11-12-29-22)18-3-2-10-23-14-18/h2-14,27H,1H3,(H,25,28). The van der Waals surface area contributed by atoms with Crippen LogP contribution in [0.3, 0.4) is 0 Å². The number of nitrogens with zero attached hydrogens (tertiary/aromatic N) is 3. The van der Waals surface area contributed by atoms with E-state index < -0.39 is 0 Å². The van der Waals surface area contributed by atoms with Gasteiger partial charge in [0.15, 0.2) is 5.13 Å². The van der Waals surface area contributed by atoms with Crippen molar-refractivity contribution in [1.29, 1.82) is 0 Å². The number of phenolic OH excluding ortho intramolecular Hbond substituents is 1. The van der Waals surface area contributed by atoms with Gasteiger partial charge < -0.3 is 10.4 Å². The fourth-order valence-electron chi connectivity index (χ4n) is 2.91. The van der Waals surface area contributed by atoms with Crippen molar-refractivity contribution >= 4 is 39.4 Å². The number of hydrogen-bond acceptors (Lipinski definition) is 6. The zero-order valence-electron chi connectivity index (χ0n) is 15.6. The lowest BCUT2D eigenvalue weighted by molar-refractivity contribution is 0.102. The number of aryl methyl sites for hydroxylation is 1. The van der Waals surface area contributed by atoms with Crippen molar-refractivity contribution in [2.45, 2.75) is 6.92 Å². The summed E-state index contributed by atoms with van der Waals surface area (Å²) < 4.78 is 0. The third kappa shape index (κ3) is 4.09.